The van der Waals surface area contributed by atoms with Crippen LogP contribution in [0.15, 0.2) is 11.1 Å². The molecule has 2 aliphatic carbocycles. The Morgan fingerprint density at radius 3 is 2.36 bits per heavy atom. The highest BCUT2D eigenvalue weighted by Crippen LogP contribution is 2.44. The molecule has 1 heteroatoms. The molecule has 0 aliphatic heterocycles. The van der Waals surface area contributed by atoms with Crippen LogP contribution in [-0.2, 0) is 0 Å². The van der Waals surface area contributed by atoms with Gasteiger partial charge in [0.15, 0.2) is 0 Å². The maximum Gasteiger partial charge on any atom is 0.0785 e. The van der Waals surface area contributed by atoms with Crippen molar-refractivity contribution in [2.75, 3.05) is 0 Å². The summed E-state index contributed by atoms with van der Waals surface area (Å²) in [7, 11) is 0. The molecule has 2 aliphatic rings. The molecule has 3 unspecified atom stereocenters. The lowest BCUT2D eigenvalue weighted by atomic mass is 9.72. The zero-order chi connectivity index (χ0) is 10.3. The minimum absolute atomic E-state index is 0.128. The Morgan fingerprint density at radius 1 is 1.21 bits per heavy atom. The second-order valence-electron chi connectivity index (χ2n) is 5.39. The summed E-state index contributed by atoms with van der Waals surface area (Å²) in [6.45, 7) is 6.75. The van der Waals surface area contributed by atoms with E-state index >= 15 is 0 Å². The SMILES string of the molecule is CC1CCC(C(C)C)C(O)C1=C1CC1. The van der Waals surface area contributed by atoms with Crippen LogP contribution in [0.2, 0.25) is 0 Å². The molecule has 80 valence electrons. The van der Waals surface area contributed by atoms with Gasteiger partial charge in [-0.3, -0.25) is 0 Å². The van der Waals surface area contributed by atoms with E-state index in [1.54, 1.807) is 5.57 Å². The average molecular weight is 194 g/mol. The molecule has 0 spiro atoms. The van der Waals surface area contributed by atoms with Crippen LogP contribution in [0.4, 0.5) is 0 Å². The van der Waals surface area contributed by atoms with E-state index in [9.17, 15) is 5.11 Å². The van der Waals surface area contributed by atoms with Crippen molar-refractivity contribution in [2.24, 2.45) is 17.8 Å². The summed E-state index contributed by atoms with van der Waals surface area (Å²) in [5, 5.41) is 10.3. The van der Waals surface area contributed by atoms with Gasteiger partial charge in [0.25, 0.3) is 0 Å². The summed E-state index contributed by atoms with van der Waals surface area (Å²) in [5.74, 6) is 1.76. The molecule has 0 aromatic heterocycles. The van der Waals surface area contributed by atoms with Crippen molar-refractivity contribution in [3.63, 3.8) is 0 Å². The van der Waals surface area contributed by atoms with Gasteiger partial charge in [0, 0.05) is 0 Å². The topological polar surface area (TPSA) is 20.2 Å². The van der Waals surface area contributed by atoms with Crippen molar-refractivity contribution < 1.29 is 5.11 Å². The largest absolute Gasteiger partial charge is 0.388 e. The molecule has 0 saturated heterocycles. The molecule has 0 bridgehead atoms. The van der Waals surface area contributed by atoms with Gasteiger partial charge in [0.05, 0.1) is 6.10 Å². The fourth-order valence-electron chi connectivity index (χ4n) is 2.88. The average Bonchev–Trinajstić information content (AvgIpc) is 2.87. The fraction of sp³-hybridized carbons (Fsp3) is 0.846. The van der Waals surface area contributed by atoms with Crippen molar-refractivity contribution in [1.29, 1.82) is 0 Å². The predicted molar refractivity (Wildman–Crippen MR) is 59.0 cm³/mol. The second-order valence-corrected chi connectivity index (χ2v) is 5.39. The van der Waals surface area contributed by atoms with E-state index in [-0.39, 0.29) is 6.10 Å². The molecule has 0 radical (unpaired) electrons. The van der Waals surface area contributed by atoms with Crippen LogP contribution < -0.4 is 0 Å². The van der Waals surface area contributed by atoms with Crippen molar-refractivity contribution in [1.82, 2.24) is 0 Å². The number of hydrogen-bond acceptors (Lipinski definition) is 1. The summed E-state index contributed by atoms with van der Waals surface area (Å²) >= 11 is 0. The first-order valence-corrected chi connectivity index (χ1v) is 6.01. The van der Waals surface area contributed by atoms with Gasteiger partial charge in [0.2, 0.25) is 0 Å². The Bertz CT molecular complexity index is 246. The van der Waals surface area contributed by atoms with E-state index in [4.69, 9.17) is 0 Å². The lowest BCUT2D eigenvalue weighted by molar-refractivity contribution is 0.0729. The first kappa shape index (κ1) is 10.2. The molecular formula is C13H22O. The van der Waals surface area contributed by atoms with Crippen LogP contribution >= 0.6 is 0 Å². The zero-order valence-corrected chi connectivity index (χ0v) is 9.59. The van der Waals surface area contributed by atoms with Gasteiger partial charge in [-0.15, -0.1) is 0 Å². The van der Waals surface area contributed by atoms with Gasteiger partial charge in [0.1, 0.15) is 0 Å². The van der Waals surface area contributed by atoms with Crippen molar-refractivity contribution >= 4 is 0 Å². The normalized spacial score (nSPS) is 37.9. The lowest BCUT2D eigenvalue weighted by Gasteiger charge is -2.36. The Kier molecular flexibility index (Phi) is 2.70. The third kappa shape index (κ3) is 1.75. The monoisotopic (exact) mass is 194 g/mol. The Hall–Kier alpha value is -0.300. The van der Waals surface area contributed by atoms with Crippen molar-refractivity contribution in [3.8, 4) is 0 Å². The standard InChI is InChI=1S/C13H22O/c1-8(2)11-7-4-9(3)12(13(11)14)10-5-6-10/h8-9,11,13-14H,4-7H2,1-3H3. The number of rotatable bonds is 1. The number of aliphatic hydroxyl groups excluding tert-OH is 1. The Labute approximate surface area is 87.2 Å². The third-order valence-corrected chi connectivity index (χ3v) is 3.95. The van der Waals surface area contributed by atoms with Crippen LogP contribution in [-0.4, -0.2) is 11.2 Å². The molecule has 1 nitrogen and oxygen atoms in total. The number of hydrogen-bond donors (Lipinski definition) is 1. The van der Waals surface area contributed by atoms with Crippen LogP contribution in [0.3, 0.4) is 0 Å². The number of aliphatic hydroxyl groups is 1. The molecule has 2 rings (SSSR count). The molecule has 2 saturated carbocycles. The first-order chi connectivity index (χ1) is 6.61. The van der Waals surface area contributed by atoms with Gasteiger partial charge in [-0.2, -0.15) is 0 Å². The van der Waals surface area contributed by atoms with Crippen LogP contribution in [0.5, 0.6) is 0 Å². The van der Waals surface area contributed by atoms with Gasteiger partial charge in [-0.05, 0) is 49.0 Å². The molecule has 2 fully saturated rings. The highest BCUT2D eigenvalue weighted by molar-refractivity contribution is 5.31. The maximum absolute atomic E-state index is 10.3. The molecule has 0 aromatic carbocycles. The molecule has 0 amide bonds. The highest BCUT2D eigenvalue weighted by Gasteiger charge is 2.36. The van der Waals surface area contributed by atoms with E-state index < -0.39 is 0 Å². The molecule has 1 N–H and O–H groups in total. The van der Waals surface area contributed by atoms with Crippen molar-refractivity contribution in [3.05, 3.63) is 11.1 Å². The van der Waals surface area contributed by atoms with Crippen molar-refractivity contribution in [2.45, 2.75) is 52.6 Å². The molecule has 14 heavy (non-hydrogen) atoms. The minimum Gasteiger partial charge on any atom is -0.388 e. The predicted octanol–water partition coefficient (Wildman–Crippen LogP) is 3.14. The summed E-state index contributed by atoms with van der Waals surface area (Å²) in [6.07, 6.45) is 4.86. The number of allylic oxidation sites excluding steroid dienone is 1. The van der Waals surface area contributed by atoms with Crippen LogP contribution in [0, 0.1) is 17.8 Å². The Morgan fingerprint density at radius 2 is 1.86 bits per heavy atom. The smallest absolute Gasteiger partial charge is 0.0785 e. The van der Waals surface area contributed by atoms with Gasteiger partial charge >= 0.3 is 0 Å². The van der Waals surface area contributed by atoms with E-state index in [0.29, 0.717) is 17.8 Å². The minimum atomic E-state index is -0.128. The molecule has 0 heterocycles. The van der Waals surface area contributed by atoms with E-state index in [1.165, 1.54) is 31.3 Å². The summed E-state index contributed by atoms with van der Waals surface area (Å²) in [6, 6.07) is 0. The van der Waals surface area contributed by atoms with Gasteiger partial charge in [-0.25, -0.2) is 0 Å². The van der Waals surface area contributed by atoms with E-state index in [1.807, 2.05) is 0 Å². The molecule has 3 atom stereocenters. The summed E-state index contributed by atoms with van der Waals surface area (Å²) in [4.78, 5) is 0. The first-order valence-electron chi connectivity index (χ1n) is 6.01. The fourth-order valence-corrected chi connectivity index (χ4v) is 2.88. The second kappa shape index (κ2) is 3.69. The quantitative estimate of drug-likeness (QED) is 0.636. The van der Waals surface area contributed by atoms with Gasteiger partial charge < -0.3 is 5.11 Å². The summed E-state index contributed by atoms with van der Waals surface area (Å²) in [5.41, 5.74) is 2.98. The summed E-state index contributed by atoms with van der Waals surface area (Å²) < 4.78 is 0. The van der Waals surface area contributed by atoms with Gasteiger partial charge in [-0.1, -0.05) is 26.3 Å². The maximum atomic E-state index is 10.3. The third-order valence-electron chi connectivity index (χ3n) is 3.95. The van der Waals surface area contributed by atoms with Crippen LogP contribution in [0.25, 0.3) is 0 Å². The lowest BCUT2D eigenvalue weighted by Crippen LogP contribution is -2.34. The Balaban J connectivity index is 2.19. The zero-order valence-electron chi connectivity index (χ0n) is 9.59. The van der Waals surface area contributed by atoms with E-state index in [2.05, 4.69) is 20.8 Å². The van der Waals surface area contributed by atoms with Crippen LogP contribution in [0.1, 0.15) is 46.5 Å². The molecular weight excluding hydrogens is 172 g/mol. The highest BCUT2D eigenvalue weighted by atomic mass is 16.3. The molecule has 0 aromatic rings. The van der Waals surface area contributed by atoms with E-state index in [0.717, 1.165) is 0 Å².